The first-order valence-electron chi connectivity index (χ1n) is 5.67. The van der Waals surface area contributed by atoms with Crippen molar-refractivity contribution >= 4 is 11.7 Å². The number of carbonyl (C=O) groups excluding carboxylic acids is 1. The topological polar surface area (TPSA) is 71.5 Å². The average Bonchev–Trinajstić information content (AvgIpc) is 3.19. The van der Waals surface area contributed by atoms with E-state index in [0.717, 1.165) is 18.5 Å². The Hall–Kier alpha value is -1.62. The number of anilines is 1. The summed E-state index contributed by atoms with van der Waals surface area (Å²) in [6.07, 6.45) is 3.43. The molecule has 1 saturated carbocycles. The summed E-state index contributed by atoms with van der Waals surface area (Å²) in [6, 6.07) is 3.37. The van der Waals surface area contributed by atoms with E-state index in [4.69, 9.17) is 0 Å². The smallest absolute Gasteiger partial charge is 0.356 e. The highest BCUT2D eigenvalue weighted by Gasteiger charge is 2.29. The molecule has 1 aliphatic rings. The normalized spacial score (nSPS) is 16.4. The van der Waals surface area contributed by atoms with Crippen molar-refractivity contribution in [3.8, 4) is 0 Å². The SMILES string of the molecule is COC(=O)c1cc(NCC(O)C2CC2)ccn1. The lowest BCUT2D eigenvalue weighted by molar-refractivity contribution is 0.0594. The molecule has 17 heavy (non-hydrogen) atoms. The van der Waals surface area contributed by atoms with E-state index in [-0.39, 0.29) is 11.8 Å². The molecule has 92 valence electrons. The Morgan fingerprint density at radius 1 is 1.71 bits per heavy atom. The number of methoxy groups -OCH3 is 1. The molecule has 0 saturated heterocycles. The molecule has 2 rings (SSSR count). The van der Waals surface area contributed by atoms with E-state index >= 15 is 0 Å². The number of aromatic nitrogens is 1. The summed E-state index contributed by atoms with van der Waals surface area (Å²) < 4.78 is 4.59. The minimum atomic E-state index is -0.462. The Bertz CT molecular complexity index is 404. The first-order valence-corrected chi connectivity index (χ1v) is 5.67. The predicted molar refractivity (Wildman–Crippen MR) is 62.8 cm³/mol. The Morgan fingerprint density at radius 2 is 2.47 bits per heavy atom. The highest BCUT2D eigenvalue weighted by molar-refractivity contribution is 5.88. The molecule has 1 unspecified atom stereocenters. The molecule has 0 bridgehead atoms. The maximum atomic E-state index is 11.3. The molecular formula is C12H16N2O3. The van der Waals surface area contributed by atoms with Gasteiger partial charge >= 0.3 is 5.97 Å². The molecule has 2 N–H and O–H groups in total. The maximum absolute atomic E-state index is 11.3. The fraction of sp³-hybridized carbons (Fsp3) is 0.500. The molecule has 0 aliphatic heterocycles. The van der Waals surface area contributed by atoms with E-state index < -0.39 is 5.97 Å². The van der Waals surface area contributed by atoms with Gasteiger partial charge in [0.05, 0.1) is 13.2 Å². The molecule has 1 aromatic rings. The van der Waals surface area contributed by atoms with E-state index in [1.54, 1.807) is 12.1 Å². The van der Waals surface area contributed by atoms with Crippen molar-refractivity contribution in [3.63, 3.8) is 0 Å². The number of nitrogens with one attached hydrogen (secondary N) is 1. The number of aliphatic hydroxyl groups excluding tert-OH is 1. The summed E-state index contributed by atoms with van der Waals surface area (Å²) in [5.41, 5.74) is 1.03. The van der Waals surface area contributed by atoms with Crippen molar-refractivity contribution in [2.24, 2.45) is 5.92 Å². The third kappa shape index (κ3) is 3.17. The molecule has 1 atom stereocenters. The minimum absolute atomic E-state index is 0.262. The van der Waals surface area contributed by atoms with Gasteiger partial charge in [-0.1, -0.05) is 0 Å². The molecule has 0 aromatic carbocycles. The minimum Gasteiger partial charge on any atom is -0.464 e. The maximum Gasteiger partial charge on any atom is 0.356 e. The molecule has 0 amide bonds. The van der Waals surface area contributed by atoms with Crippen molar-refractivity contribution in [3.05, 3.63) is 24.0 Å². The first-order chi connectivity index (χ1) is 8.20. The van der Waals surface area contributed by atoms with Gasteiger partial charge < -0.3 is 15.2 Å². The zero-order valence-electron chi connectivity index (χ0n) is 9.72. The molecule has 0 radical (unpaired) electrons. The molecular weight excluding hydrogens is 220 g/mol. The first kappa shape index (κ1) is 11.9. The van der Waals surface area contributed by atoms with Crippen LogP contribution in [0, 0.1) is 5.92 Å². The molecule has 5 nitrogen and oxygen atoms in total. The van der Waals surface area contributed by atoms with Gasteiger partial charge in [0.15, 0.2) is 0 Å². The second-order valence-electron chi connectivity index (χ2n) is 4.21. The molecule has 1 fully saturated rings. The van der Waals surface area contributed by atoms with Gasteiger partial charge in [0.1, 0.15) is 5.69 Å². The van der Waals surface area contributed by atoms with Gasteiger partial charge in [-0.2, -0.15) is 0 Å². The van der Waals surface area contributed by atoms with Crippen LogP contribution in [0.5, 0.6) is 0 Å². The van der Waals surface area contributed by atoms with Crippen LogP contribution < -0.4 is 5.32 Å². The lowest BCUT2D eigenvalue weighted by Gasteiger charge is -2.11. The fourth-order valence-electron chi connectivity index (χ4n) is 1.63. The Balaban J connectivity index is 1.93. The summed E-state index contributed by atoms with van der Waals surface area (Å²) in [6.45, 7) is 0.495. The number of ether oxygens (including phenoxy) is 1. The zero-order chi connectivity index (χ0) is 12.3. The summed E-state index contributed by atoms with van der Waals surface area (Å²) in [5, 5.41) is 12.8. The van der Waals surface area contributed by atoms with Crippen LogP contribution in [0.4, 0.5) is 5.69 Å². The monoisotopic (exact) mass is 236 g/mol. The summed E-state index contributed by atoms with van der Waals surface area (Å²) in [5.74, 6) is -0.0270. The largest absolute Gasteiger partial charge is 0.464 e. The fourth-order valence-corrected chi connectivity index (χ4v) is 1.63. The van der Waals surface area contributed by atoms with E-state index in [0.29, 0.717) is 12.5 Å². The van der Waals surface area contributed by atoms with Crippen LogP contribution in [-0.2, 0) is 4.74 Å². The second kappa shape index (κ2) is 5.14. The molecule has 1 heterocycles. The molecule has 1 aromatic heterocycles. The van der Waals surface area contributed by atoms with Gasteiger partial charge in [0, 0.05) is 18.4 Å². The van der Waals surface area contributed by atoms with Crippen molar-refractivity contribution in [2.75, 3.05) is 19.0 Å². The van der Waals surface area contributed by atoms with E-state index in [2.05, 4.69) is 15.0 Å². The Labute approximate surface area is 99.8 Å². The van der Waals surface area contributed by atoms with Gasteiger partial charge in [-0.15, -0.1) is 0 Å². The molecule has 0 spiro atoms. The Kier molecular flexibility index (Phi) is 3.58. The van der Waals surface area contributed by atoms with Crippen LogP contribution in [0.1, 0.15) is 23.3 Å². The van der Waals surface area contributed by atoms with Gasteiger partial charge in [0.2, 0.25) is 0 Å². The van der Waals surface area contributed by atoms with Crippen LogP contribution >= 0.6 is 0 Å². The van der Waals surface area contributed by atoms with E-state index in [1.807, 2.05) is 0 Å². The van der Waals surface area contributed by atoms with Crippen LogP contribution in [-0.4, -0.2) is 35.8 Å². The van der Waals surface area contributed by atoms with Crippen molar-refractivity contribution in [1.82, 2.24) is 4.98 Å². The van der Waals surface area contributed by atoms with Gasteiger partial charge in [-0.05, 0) is 30.9 Å². The number of hydrogen-bond acceptors (Lipinski definition) is 5. The van der Waals surface area contributed by atoms with E-state index in [1.165, 1.54) is 13.3 Å². The number of esters is 1. The predicted octanol–water partition coefficient (Wildman–Crippen LogP) is 1.05. The number of rotatable bonds is 5. The van der Waals surface area contributed by atoms with Crippen LogP contribution in [0.15, 0.2) is 18.3 Å². The third-order valence-electron chi connectivity index (χ3n) is 2.84. The number of aliphatic hydroxyl groups is 1. The number of hydrogen-bond donors (Lipinski definition) is 2. The van der Waals surface area contributed by atoms with Crippen LogP contribution in [0.2, 0.25) is 0 Å². The molecule has 5 heteroatoms. The Morgan fingerprint density at radius 3 is 3.12 bits per heavy atom. The average molecular weight is 236 g/mol. The summed E-state index contributed by atoms with van der Waals surface area (Å²) >= 11 is 0. The van der Waals surface area contributed by atoms with Gasteiger partial charge in [-0.3, -0.25) is 0 Å². The quantitative estimate of drug-likeness (QED) is 0.748. The molecule has 1 aliphatic carbocycles. The lowest BCUT2D eigenvalue weighted by Crippen LogP contribution is -2.21. The van der Waals surface area contributed by atoms with Crippen LogP contribution in [0.3, 0.4) is 0 Å². The highest BCUT2D eigenvalue weighted by Crippen LogP contribution is 2.32. The summed E-state index contributed by atoms with van der Waals surface area (Å²) in [7, 11) is 1.32. The summed E-state index contributed by atoms with van der Waals surface area (Å²) in [4.78, 5) is 15.2. The van der Waals surface area contributed by atoms with E-state index in [9.17, 15) is 9.90 Å². The van der Waals surface area contributed by atoms with Crippen molar-refractivity contribution < 1.29 is 14.6 Å². The zero-order valence-corrected chi connectivity index (χ0v) is 9.72. The highest BCUT2D eigenvalue weighted by atomic mass is 16.5. The third-order valence-corrected chi connectivity index (χ3v) is 2.84. The van der Waals surface area contributed by atoms with Crippen LogP contribution in [0.25, 0.3) is 0 Å². The second-order valence-corrected chi connectivity index (χ2v) is 4.21. The standard InChI is InChI=1S/C12H16N2O3/c1-17-12(16)10-6-9(4-5-13-10)14-7-11(15)8-2-3-8/h4-6,8,11,15H,2-3,7H2,1H3,(H,13,14). The van der Waals surface area contributed by atoms with Gasteiger partial charge in [0.25, 0.3) is 0 Å². The number of pyridine rings is 1. The number of carbonyl (C=O) groups is 1. The lowest BCUT2D eigenvalue weighted by atomic mass is 10.2. The van der Waals surface area contributed by atoms with Crippen molar-refractivity contribution in [2.45, 2.75) is 18.9 Å². The number of nitrogens with zero attached hydrogens (tertiary/aromatic N) is 1. The van der Waals surface area contributed by atoms with Gasteiger partial charge in [-0.25, -0.2) is 9.78 Å². The van der Waals surface area contributed by atoms with Crippen molar-refractivity contribution in [1.29, 1.82) is 0 Å².